The largest absolute Gasteiger partial charge is 0.496 e. The summed E-state index contributed by atoms with van der Waals surface area (Å²) >= 11 is 0. The Hall–Kier alpha value is -2.18. The van der Waals surface area contributed by atoms with E-state index < -0.39 is 34.8 Å². The molecule has 0 unspecified atom stereocenters. The van der Waals surface area contributed by atoms with Crippen molar-refractivity contribution in [3.05, 3.63) is 53.1 Å². The average Bonchev–Trinajstić information content (AvgIpc) is 2.66. The topological polar surface area (TPSA) is 9.23 Å². The van der Waals surface area contributed by atoms with Crippen LogP contribution in [0.1, 0.15) is 55.2 Å². The van der Waals surface area contributed by atoms with Gasteiger partial charge in [0.2, 0.25) is 0 Å². The summed E-state index contributed by atoms with van der Waals surface area (Å²) in [5.74, 6) is 0.158. The van der Waals surface area contributed by atoms with E-state index >= 15 is 0 Å². The third-order valence-electron chi connectivity index (χ3n) is 5.66. The Labute approximate surface area is 165 Å². The van der Waals surface area contributed by atoms with Crippen molar-refractivity contribution in [1.82, 2.24) is 0 Å². The summed E-state index contributed by atoms with van der Waals surface area (Å²) in [5.41, 5.74) is -2.91. The van der Waals surface area contributed by atoms with Crippen molar-refractivity contribution in [2.45, 2.75) is 50.9 Å². The van der Waals surface area contributed by atoms with Gasteiger partial charge >= 0.3 is 12.4 Å². The number of ether oxygens (including phenoxy) is 1. The van der Waals surface area contributed by atoms with Gasteiger partial charge in [-0.15, -0.1) is 0 Å². The van der Waals surface area contributed by atoms with E-state index in [-0.39, 0.29) is 5.56 Å². The van der Waals surface area contributed by atoms with Gasteiger partial charge in [-0.25, -0.2) is 0 Å². The van der Waals surface area contributed by atoms with Gasteiger partial charge in [0.1, 0.15) is 11.3 Å². The molecule has 7 heteroatoms. The van der Waals surface area contributed by atoms with Crippen molar-refractivity contribution < 1.29 is 31.1 Å². The van der Waals surface area contributed by atoms with Crippen LogP contribution in [0.25, 0.3) is 11.1 Å². The highest BCUT2D eigenvalue weighted by Gasteiger charge is 2.47. The average molecular weight is 416 g/mol. The zero-order valence-electron chi connectivity index (χ0n) is 16.1. The van der Waals surface area contributed by atoms with E-state index in [0.717, 1.165) is 50.5 Å². The predicted octanol–water partition coefficient (Wildman–Crippen LogP) is 7.69. The molecule has 0 radical (unpaired) electrons. The van der Waals surface area contributed by atoms with Crippen LogP contribution in [0.5, 0.6) is 5.75 Å². The number of methoxy groups -OCH3 is 1. The zero-order valence-corrected chi connectivity index (χ0v) is 16.1. The molecule has 0 heterocycles. The summed E-state index contributed by atoms with van der Waals surface area (Å²) in [7, 11) is 0.921. The van der Waals surface area contributed by atoms with E-state index in [0.29, 0.717) is 11.8 Å². The lowest BCUT2D eigenvalue weighted by Gasteiger charge is -2.26. The molecule has 0 aromatic heterocycles. The van der Waals surface area contributed by atoms with Crippen LogP contribution in [0.15, 0.2) is 36.4 Å². The lowest BCUT2D eigenvalue weighted by molar-refractivity contribution is -0.162. The van der Waals surface area contributed by atoms with Crippen molar-refractivity contribution in [2.24, 2.45) is 5.92 Å². The Balaban J connectivity index is 2.07. The molecule has 1 fully saturated rings. The number of hydrogen-bond donors (Lipinski definition) is 0. The molecular formula is C22H22F6O. The first-order chi connectivity index (χ1) is 13.5. The molecule has 0 aliphatic heterocycles. The van der Waals surface area contributed by atoms with Gasteiger partial charge in [0, 0.05) is 0 Å². The fraction of sp³-hybridized carbons (Fsp3) is 0.455. The van der Waals surface area contributed by atoms with Crippen LogP contribution in [-0.2, 0) is 12.4 Å². The first-order valence-corrected chi connectivity index (χ1v) is 9.48. The summed E-state index contributed by atoms with van der Waals surface area (Å²) in [6.45, 7) is 2.19. The Bertz CT molecular complexity index is 843. The highest BCUT2D eigenvalue weighted by Crippen LogP contribution is 2.49. The number of rotatable bonds is 3. The maximum absolute atomic E-state index is 13.7. The summed E-state index contributed by atoms with van der Waals surface area (Å²) in [5, 5.41) is 0. The van der Waals surface area contributed by atoms with Gasteiger partial charge in [-0.05, 0) is 47.4 Å². The molecule has 0 bridgehead atoms. The third-order valence-corrected chi connectivity index (χ3v) is 5.66. The van der Waals surface area contributed by atoms with Crippen LogP contribution in [0.4, 0.5) is 26.3 Å². The van der Waals surface area contributed by atoms with E-state index in [2.05, 4.69) is 11.7 Å². The third kappa shape index (κ3) is 4.54. The normalized spacial score (nSPS) is 20.6. The molecular weight excluding hydrogens is 394 g/mol. The standard InChI is InChI=1S/C22H22F6O/c1-13-3-5-14(6-4-13)15-7-9-16(10-8-15)17-11-12-18(29-2)20(22(26,27)28)19(17)21(23,24)25/h7-14H,3-6H2,1-2H3. The van der Waals surface area contributed by atoms with Crippen molar-refractivity contribution in [3.63, 3.8) is 0 Å². The minimum absolute atomic E-state index is 0.0957. The van der Waals surface area contributed by atoms with Gasteiger partial charge in [0.15, 0.2) is 0 Å². The molecule has 1 nitrogen and oxygen atoms in total. The Morgan fingerprint density at radius 3 is 1.79 bits per heavy atom. The van der Waals surface area contributed by atoms with E-state index in [1.54, 1.807) is 12.1 Å². The van der Waals surface area contributed by atoms with E-state index in [9.17, 15) is 26.3 Å². The van der Waals surface area contributed by atoms with Crippen LogP contribution in [0.2, 0.25) is 0 Å². The number of alkyl halides is 6. The molecule has 29 heavy (non-hydrogen) atoms. The van der Waals surface area contributed by atoms with Gasteiger partial charge < -0.3 is 4.74 Å². The van der Waals surface area contributed by atoms with Crippen LogP contribution in [0.3, 0.4) is 0 Å². The van der Waals surface area contributed by atoms with Crippen molar-refractivity contribution in [1.29, 1.82) is 0 Å². The first kappa shape index (κ1) is 21.5. The van der Waals surface area contributed by atoms with Gasteiger partial charge in [-0.3, -0.25) is 0 Å². The fourth-order valence-corrected chi connectivity index (χ4v) is 4.10. The summed E-state index contributed by atoms with van der Waals surface area (Å²) in [4.78, 5) is 0. The molecule has 2 aromatic carbocycles. The molecule has 2 aromatic rings. The Morgan fingerprint density at radius 1 is 0.759 bits per heavy atom. The highest BCUT2D eigenvalue weighted by atomic mass is 19.4. The molecule has 0 saturated heterocycles. The van der Waals surface area contributed by atoms with Crippen LogP contribution in [-0.4, -0.2) is 7.11 Å². The fourth-order valence-electron chi connectivity index (χ4n) is 4.10. The molecule has 158 valence electrons. The predicted molar refractivity (Wildman–Crippen MR) is 98.8 cm³/mol. The monoisotopic (exact) mass is 416 g/mol. The Kier molecular flexibility index (Phi) is 5.88. The SMILES string of the molecule is COc1ccc(-c2ccc(C3CCC(C)CC3)cc2)c(C(F)(F)F)c1C(F)(F)F. The van der Waals surface area contributed by atoms with Gasteiger partial charge in [0.05, 0.1) is 12.7 Å². The first-order valence-electron chi connectivity index (χ1n) is 9.48. The summed E-state index contributed by atoms with van der Waals surface area (Å²) < 4.78 is 86.1. The lowest BCUT2D eigenvalue weighted by atomic mass is 9.79. The minimum Gasteiger partial charge on any atom is -0.496 e. The van der Waals surface area contributed by atoms with Gasteiger partial charge in [-0.1, -0.05) is 50.1 Å². The second-order valence-corrected chi connectivity index (χ2v) is 7.64. The Morgan fingerprint density at radius 2 is 1.31 bits per heavy atom. The smallest absolute Gasteiger partial charge is 0.420 e. The van der Waals surface area contributed by atoms with E-state index in [1.165, 1.54) is 12.1 Å². The molecule has 0 N–H and O–H groups in total. The number of halogens is 6. The van der Waals surface area contributed by atoms with E-state index in [1.807, 2.05) is 0 Å². The maximum atomic E-state index is 13.7. The molecule has 0 atom stereocenters. The molecule has 0 spiro atoms. The van der Waals surface area contributed by atoms with Gasteiger partial charge in [0.25, 0.3) is 0 Å². The molecule has 1 saturated carbocycles. The number of benzene rings is 2. The lowest BCUT2D eigenvalue weighted by Crippen LogP contribution is -2.19. The number of hydrogen-bond acceptors (Lipinski definition) is 1. The van der Waals surface area contributed by atoms with Crippen LogP contribution < -0.4 is 4.74 Å². The van der Waals surface area contributed by atoms with Crippen molar-refractivity contribution in [2.75, 3.05) is 7.11 Å². The second kappa shape index (κ2) is 7.92. The van der Waals surface area contributed by atoms with Crippen LogP contribution >= 0.6 is 0 Å². The van der Waals surface area contributed by atoms with E-state index in [4.69, 9.17) is 0 Å². The van der Waals surface area contributed by atoms with Crippen LogP contribution in [0, 0.1) is 5.92 Å². The maximum Gasteiger partial charge on any atom is 0.420 e. The van der Waals surface area contributed by atoms with Gasteiger partial charge in [-0.2, -0.15) is 26.3 Å². The van der Waals surface area contributed by atoms with Crippen molar-refractivity contribution in [3.8, 4) is 16.9 Å². The summed E-state index contributed by atoms with van der Waals surface area (Å²) in [6, 6.07) is 8.38. The quantitative estimate of drug-likeness (QED) is 0.466. The summed E-state index contributed by atoms with van der Waals surface area (Å²) in [6.07, 6.45) is -6.18. The second-order valence-electron chi connectivity index (χ2n) is 7.64. The minimum atomic E-state index is -5.20. The molecule has 3 rings (SSSR count). The highest BCUT2D eigenvalue weighted by molar-refractivity contribution is 5.72. The van der Waals surface area contributed by atoms with Crippen molar-refractivity contribution >= 4 is 0 Å². The molecule has 1 aliphatic carbocycles. The molecule has 1 aliphatic rings. The zero-order chi connectivity index (χ0) is 21.4. The molecule has 0 amide bonds.